The van der Waals surface area contributed by atoms with Gasteiger partial charge >= 0.3 is 0 Å². The number of nitrogens with zero attached hydrogens (tertiary/aromatic N) is 4. The van der Waals surface area contributed by atoms with E-state index in [4.69, 9.17) is 0 Å². The van der Waals surface area contributed by atoms with Crippen LogP contribution < -0.4 is 0 Å². The van der Waals surface area contributed by atoms with Crippen molar-refractivity contribution < 1.29 is 4.79 Å². The lowest BCUT2D eigenvalue weighted by atomic mass is 10.1. The summed E-state index contributed by atoms with van der Waals surface area (Å²) in [6, 6.07) is 4.19. The third-order valence-corrected chi connectivity index (χ3v) is 4.94. The second-order valence-electron chi connectivity index (χ2n) is 6.54. The predicted octanol–water partition coefficient (Wildman–Crippen LogP) is 2.54. The summed E-state index contributed by atoms with van der Waals surface area (Å²) in [6.45, 7) is 9.94. The number of amides is 1. The van der Waals surface area contributed by atoms with E-state index in [0.29, 0.717) is 12.3 Å². The van der Waals surface area contributed by atoms with Crippen LogP contribution in [0.4, 0.5) is 0 Å². The van der Waals surface area contributed by atoms with Gasteiger partial charge in [-0.1, -0.05) is 6.92 Å². The molecule has 0 aliphatic carbocycles. The molecule has 5 nitrogen and oxygen atoms in total. The molecular formula is C19H28N4O. The van der Waals surface area contributed by atoms with Gasteiger partial charge in [-0.05, 0) is 37.5 Å². The molecule has 0 spiro atoms. The molecule has 1 aliphatic heterocycles. The first-order valence-electron chi connectivity index (χ1n) is 9.15. The Morgan fingerprint density at radius 2 is 2.00 bits per heavy atom. The molecule has 0 radical (unpaired) electrons. The molecule has 2 aromatic heterocycles. The fourth-order valence-corrected chi connectivity index (χ4v) is 3.51. The summed E-state index contributed by atoms with van der Waals surface area (Å²) in [7, 11) is 0. The van der Waals surface area contributed by atoms with E-state index in [9.17, 15) is 4.79 Å². The third kappa shape index (κ3) is 3.61. The van der Waals surface area contributed by atoms with Crippen LogP contribution in [0, 0.1) is 0 Å². The minimum Gasteiger partial charge on any atom is -0.340 e. The highest BCUT2D eigenvalue weighted by atomic mass is 16.2. The fraction of sp³-hybridized carbons (Fsp3) is 0.579. The molecule has 0 aromatic carbocycles. The molecule has 0 saturated carbocycles. The average Bonchev–Trinajstić information content (AvgIpc) is 2.99. The van der Waals surface area contributed by atoms with Crippen molar-refractivity contribution in [3.05, 3.63) is 30.1 Å². The zero-order chi connectivity index (χ0) is 16.9. The van der Waals surface area contributed by atoms with Crippen LogP contribution in [0.3, 0.4) is 0 Å². The summed E-state index contributed by atoms with van der Waals surface area (Å²) in [4.78, 5) is 21.0. The summed E-state index contributed by atoms with van der Waals surface area (Å²) < 4.78 is 2.23. The Morgan fingerprint density at radius 3 is 2.71 bits per heavy atom. The van der Waals surface area contributed by atoms with Crippen LogP contribution in [0.1, 0.15) is 32.3 Å². The van der Waals surface area contributed by atoms with Crippen LogP contribution >= 0.6 is 0 Å². The van der Waals surface area contributed by atoms with E-state index < -0.39 is 0 Å². The van der Waals surface area contributed by atoms with Gasteiger partial charge in [0.25, 0.3) is 0 Å². The van der Waals surface area contributed by atoms with E-state index in [-0.39, 0.29) is 0 Å². The first-order chi connectivity index (χ1) is 11.7. The largest absolute Gasteiger partial charge is 0.340 e. The summed E-state index contributed by atoms with van der Waals surface area (Å²) in [5.74, 6) is 0.314. The van der Waals surface area contributed by atoms with Gasteiger partial charge in [0.15, 0.2) is 0 Å². The number of carbonyl (C=O) groups excluding carboxylic acids is 1. The molecule has 0 N–H and O–H groups in total. The van der Waals surface area contributed by atoms with Gasteiger partial charge in [-0.3, -0.25) is 9.69 Å². The maximum Gasteiger partial charge on any atom is 0.222 e. The van der Waals surface area contributed by atoms with Gasteiger partial charge in [0.1, 0.15) is 5.65 Å². The Kier molecular flexibility index (Phi) is 5.51. The highest BCUT2D eigenvalue weighted by Gasteiger charge is 2.20. The molecule has 130 valence electrons. The summed E-state index contributed by atoms with van der Waals surface area (Å²) in [5.41, 5.74) is 2.47. The quantitative estimate of drug-likeness (QED) is 0.818. The number of hydrogen-bond acceptors (Lipinski definition) is 3. The van der Waals surface area contributed by atoms with Crippen LogP contribution in [0.15, 0.2) is 24.5 Å². The lowest BCUT2D eigenvalue weighted by Gasteiger charge is -2.34. The van der Waals surface area contributed by atoms with Gasteiger partial charge in [0, 0.05) is 63.5 Å². The SMILES string of the molecule is CCCC(=O)N1CCN(CCc2cn(CC)c3ncccc23)CC1. The lowest BCUT2D eigenvalue weighted by molar-refractivity contribution is -0.132. The molecule has 24 heavy (non-hydrogen) atoms. The van der Waals surface area contributed by atoms with Gasteiger partial charge in [0.05, 0.1) is 0 Å². The van der Waals surface area contributed by atoms with E-state index in [1.807, 2.05) is 17.2 Å². The van der Waals surface area contributed by atoms with Crippen molar-refractivity contribution in [2.45, 2.75) is 39.7 Å². The van der Waals surface area contributed by atoms with Crippen molar-refractivity contribution in [1.29, 1.82) is 0 Å². The summed E-state index contributed by atoms with van der Waals surface area (Å²) in [6.07, 6.45) is 6.78. The Labute approximate surface area is 144 Å². The Morgan fingerprint density at radius 1 is 1.21 bits per heavy atom. The van der Waals surface area contributed by atoms with Crippen LogP contribution in [-0.2, 0) is 17.8 Å². The number of rotatable bonds is 6. The van der Waals surface area contributed by atoms with Gasteiger partial charge < -0.3 is 9.47 Å². The van der Waals surface area contributed by atoms with Crippen molar-refractivity contribution >= 4 is 16.9 Å². The van der Waals surface area contributed by atoms with E-state index in [1.165, 1.54) is 10.9 Å². The molecule has 2 aromatic rings. The molecule has 3 rings (SSSR count). The summed E-state index contributed by atoms with van der Waals surface area (Å²) >= 11 is 0. The van der Waals surface area contributed by atoms with E-state index in [2.05, 4.69) is 40.6 Å². The summed E-state index contributed by atoms with van der Waals surface area (Å²) in [5, 5.41) is 1.27. The predicted molar refractivity (Wildman–Crippen MR) is 97.0 cm³/mol. The Bertz CT molecular complexity index is 686. The molecular weight excluding hydrogens is 300 g/mol. The zero-order valence-electron chi connectivity index (χ0n) is 14.9. The van der Waals surface area contributed by atoms with E-state index in [1.54, 1.807) is 0 Å². The van der Waals surface area contributed by atoms with Crippen molar-refractivity contribution in [1.82, 2.24) is 19.4 Å². The van der Waals surface area contributed by atoms with Crippen LogP contribution in [-0.4, -0.2) is 58.0 Å². The number of piperazine rings is 1. The second-order valence-corrected chi connectivity index (χ2v) is 6.54. The Balaban J connectivity index is 1.57. The minimum absolute atomic E-state index is 0.314. The monoisotopic (exact) mass is 328 g/mol. The fourth-order valence-electron chi connectivity index (χ4n) is 3.51. The molecule has 5 heteroatoms. The molecule has 0 atom stereocenters. The lowest BCUT2D eigenvalue weighted by Crippen LogP contribution is -2.49. The third-order valence-electron chi connectivity index (χ3n) is 4.94. The zero-order valence-corrected chi connectivity index (χ0v) is 14.9. The van der Waals surface area contributed by atoms with Gasteiger partial charge in [-0.25, -0.2) is 4.98 Å². The molecule has 0 unspecified atom stereocenters. The standard InChI is InChI=1S/C19H28N4O/c1-3-6-18(24)23-13-11-21(12-14-23)10-8-16-15-22(4-2)19-17(16)7-5-9-20-19/h5,7,9,15H,3-4,6,8,10-14H2,1-2H3. The average molecular weight is 328 g/mol. The molecule has 1 aliphatic rings. The maximum absolute atomic E-state index is 12.0. The van der Waals surface area contributed by atoms with E-state index in [0.717, 1.165) is 57.8 Å². The topological polar surface area (TPSA) is 41.4 Å². The number of fused-ring (bicyclic) bond motifs is 1. The maximum atomic E-state index is 12.0. The number of hydrogen-bond donors (Lipinski definition) is 0. The van der Waals surface area contributed by atoms with Crippen LogP contribution in [0.5, 0.6) is 0 Å². The number of pyridine rings is 1. The van der Waals surface area contributed by atoms with Crippen molar-refractivity contribution in [2.24, 2.45) is 0 Å². The van der Waals surface area contributed by atoms with E-state index >= 15 is 0 Å². The Hall–Kier alpha value is -1.88. The van der Waals surface area contributed by atoms with Crippen LogP contribution in [0.25, 0.3) is 11.0 Å². The normalized spacial score (nSPS) is 16.0. The highest BCUT2D eigenvalue weighted by Crippen LogP contribution is 2.20. The smallest absolute Gasteiger partial charge is 0.222 e. The van der Waals surface area contributed by atoms with Crippen molar-refractivity contribution in [2.75, 3.05) is 32.7 Å². The number of aromatic nitrogens is 2. The molecule has 0 bridgehead atoms. The first-order valence-corrected chi connectivity index (χ1v) is 9.15. The number of aryl methyl sites for hydroxylation is 1. The van der Waals surface area contributed by atoms with Gasteiger partial charge in [0.2, 0.25) is 5.91 Å². The minimum atomic E-state index is 0.314. The molecule has 1 saturated heterocycles. The molecule has 3 heterocycles. The highest BCUT2D eigenvalue weighted by molar-refractivity contribution is 5.80. The first kappa shape index (κ1) is 17.0. The molecule has 1 amide bonds. The molecule has 1 fully saturated rings. The number of carbonyl (C=O) groups is 1. The van der Waals surface area contributed by atoms with Gasteiger partial charge in [-0.15, -0.1) is 0 Å². The van der Waals surface area contributed by atoms with Gasteiger partial charge in [-0.2, -0.15) is 0 Å². The second kappa shape index (κ2) is 7.79. The van der Waals surface area contributed by atoms with Crippen molar-refractivity contribution in [3.63, 3.8) is 0 Å². The van der Waals surface area contributed by atoms with Crippen LogP contribution in [0.2, 0.25) is 0 Å². The van der Waals surface area contributed by atoms with Crippen molar-refractivity contribution in [3.8, 4) is 0 Å².